The van der Waals surface area contributed by atoms with Gasteiger partial charge in [0.25, 0.3) is 0 Å². The summed E-state index contributed by atoms with van der Waals surface area (Å²) in [6.45, 7) is 4.62. The fourth-order valence-corrected chi connectivity index (χ4v) is 2.93. The molecule has 0 saturated heterocycles. The molecule has 5 nitrogen and oxygen atoms in total. The number of hydrogen-bond acceptors (Lipinski definition) is 5. The predicted molar refractivity (Wildman–Crippen MR) is 118 cm³/mol. The van der Waals surface area contributed by atoms with Gasteiger partial charge in [-0.25, -0.2) is 0 Å². The van der Waals surface area contributed by atoms with Gasteiger partial charge in [0.15, 0.2) is 0 Å². The van der Waals surface area contributed by atoms with E-state index >= 15 is 0 Å². The molecule has 2 N–H and O–H groups in total. The molecule has 29 heavy (non-hydrogen) atoms. The molecule has 0 aromatic heterocycles. The van der Waals surface area contributed by atoms with Crippen molar-refractivity contribution in [2.24, 2.45) is 0 Å². The van der Waals surface area contributed by atoms with Crippen LogP contribution in [0.1, 0.15) is 31.4 Å². The second-order valence-corrected chi connectivity index (χ2v) is 7.01. The predicted octanol–water partition coefficient (Wildman–Crippen LogP) is 3.70. The van der Waals surface area contributed by atoms with Crippen LogP contribution in [0.5, 0.6) is 5.75 Å². The Labute approximate surface area is 170 Å². The molecule has 0 heterocycles. The van der Waals surface area contributed by atoms with E-state index < -0.39 is 17.0 Å². The quantitative estimate of drug-likeness (QED) is 0.430. The molecule has 5 heteroatoms. The van der Waals surface area contributed by atoms with Gasteiger partial charge in [-0.15, -0.1) is 0 Å². The molecule has 1 atom stereocenters. The summed E-state index contributed by atoms with van der Waals surface area (Å²) in [4.78, 5) is 23.8. The van der Waals surface area contributed by atoms with E-state index in [1.54, 1.807) is 6.92 Å². The second kappa shape index (κ2) is 9.34. The van der Waals surface area contributed by atoms with Gasteiger partial charge < -0.3 is 15.2 Å². The van der Waals surface area contributed by atoms with E-state index in [0.717, 1.165) is 23.3 Å². The summed E-state index contributed by atoms with van der Waals surface area (Å²) in [5, 5.41) is 12.2. The van der Waals surface area contributed by atoms with Crippen LogP contribution in [0.25, 0.3) is 23.3 Å². The number of nitrogens with one attached hydrogen (secondary N) is 1. The van der Waals surface area contributed by atoms with Gasteiger partial charge in [0.05, 0.1) is 24.0 Å². The van der Waals surface area contributed by atoms with E-state index in [1.165, 1.54) is 0 Å². The van der Waals surface area contributed by atoms with E-state index in [1.807, 2.05) is 60.7 Å². The van der Waals surface area contributed by atoms with Gasteiger partial charge in [0.2, 0.25) is 10.9 Å². The Balaban J connectivity index is 1.69. The van der Waals surface area contributed by atoms with Crippen LogP contribution in [0, 0.1) is 0 Å². The molecule has 0 fully saturated rings. The maximum atomic E-state index is 12.0. The number of aliphatic hydroxyl groups excluding tert-OH is 1. The molecule has 0 aliphatic carbocycles. The van der Waals surface area contributed by atoms with Crippen molar-refractivity contribution in [2.75, 3.05) is 18.5 Å². The van der Waals surface area contributed by atoms with E-state index in [4.69, 9.17) is 4.74 Å². The summed E-state index contributed by atoms with van der Waals surface area (Å²) < 4.78 is 5.58. The molecule has 0 saturated carbocycles. The fourth-order valence-electron chi connectivity index (χ4n) is 2.93. The van der Waals surface area contributed by atoms with Crippen molar-refractivity contribution in [1.29, 1.82) is 0 Å². The standard InChI is InChI=1S/C24H25NO4/c1-3-14-29-20-12-8-18(9-13-20)5-4-17-6-10-19(11-7-17)21-22(24(28)23(21)27)25-15-16(2)26/h4-13,16,25-26H,3,14-15H2,1-2H3. The topological polar surface area (TPSA) is 75.6 Å². The van der Waals surface area contributed by atoms with Crippen molar-refractivity contribution < 1.29 is 9.84 Å². The minimum atomic E-state index is -0.605. The van der Waals surface area contributed by atoms with Gasteiger partial charge in [0.1, 0.15) is 5.75 Å². The summed E-state index contributed by atoms with van der Waals surface area (Å²) in [6.07, 6.45) is 4.37. The summed E-state index contributed by atoms with van der Waals surface area (Å²) >= 11 is 0. The van der Waals surface area contributed by atoms with Gasteiger partial charge >= 0.3 is 0 Å². The Hall–Kier alpha value is -3.18. The lowest BCUT2D eigenvalue weighted by Crippen LogP contribution is -2.37. The lowest BCUT2D eigenvalue weighted by Gasteiger charge is -2.14. The number of rotatable bonds is 9. The lowest BCUT2D eigenvalue weighted by atomic mass is 9.97. The first kappa shape index (κ1) is 20.6. The third kappa shape index (κ3) is 5.00. The molecule has 0 aliphatic heterocycles. The molecule has 150 valence electrons. The second-order valence-electron chi connectivity index (χ2n) is 7.01. The first-order chi connectivity index (χ1) is 14.0. The van der Waals surface area contributed by atoms with E-state index in [9.17, 15) is 14.7 Å². The Bertz CT molecular complexity index is 1040. The first-order valence-electron chi connectivity index (χ1n) is 9.76. The molecule has 1 unspecified atom stereocenters. The molecule has 0 bridgehead atoms. The van der Waals surface area contributed by atoms with Gasteiger partial charge in [-0.05, 0) is 42.2 Å². The summed E-state index contributed by atoms with van der Waals surface area (Å²) in [5.74, 6) is 0.862. The molecule has 0 aliphatic rings. The summed E-state index contributed by atoms with van der Waals surface area (Å²) in [7, 11) is 0. The highest BCUT2D eigenvalue weighted by Gasteiger charge is 2.22. The van der Waals surface area contributed by atoms with Crippen molar-refractivity contribution in [3.8, 4) is 16.9 Å². The summed E-state index contributed by atoms with van der Waals surface area (Å²) in [5.41, 5.74) is 2.38. The van der Waals surface area contributed by atoms with Crippen LogP contribution in [0.4, 0.5) is 5.69 Å². The van der Waals surface area contributed by atoms with Crippen molar-refractivity contribution >= 4 is 17.8 Å². The molecule has 0 radical (unpaired) electrons. The Kier molecular flexibility index (Phi) is 6.62. The van der Waals surface area contributed by atoms with Gasteiger partial charge in [-0.3, -0.25) is 9.59 Å². The van der Waals surface area contributed by atoms with E-state index in [0.29, 0.717) is 17.7 Å². The molecular weight excluding hydrogens is 366 g/mol. The molecule has 3 aromatic rings. The lowest BCUT2D eigenvalue weighted by molar-refractivity contribution is 0.208. The van der Waals surface area contributed by atoms with Crippen molar-refractivity contribution in [1.82, 2.24) is 0 Å². The molecule has 0 amide bonds. The Morgan fingerprint density at radius 1 is 0.966 bits per heavy atom. The van der Waals surface area contributed by atoms with Crippen molar-refractivity contribution in [2.45, 2.75) is 26.4 Å². The zero-order valence-corrected chi connectivity index (χ0v) is 16.6. The van der Waals surface area contributed by atoms with Crippen LogP contribution < -0.4 is 20.9 Å². The normalized spacial score (nSPS) is 12.4. The van der Waals surface area contributed by atoms with Crippen molar-refractivity contribution in [3.05, 3.63) is 80.1 Å². The maximum Gasteiger partial charge on any atom is 0.250 e. The summed E-state index contributed by atoms with van der Waals surface area (Å²) in [6, 6.07) is 15.4. The van der Waals surface area contributed by atoms with Gasteiger partial charge in [0, 0.05) is 6.54 Å². The van der Waals surface area contributed by atoms with E-state index in [-0.39, 0.29) is 12.2 Å². The number of hydrogen-bond donors (Lipinski definition) is 2. The average Bonchev–Trinajstić information content (AvgIpc) is 2.74. The third-order valence-corrected chi connectivity index (χ3v) is 4.51. The fraction of sp³-hybridized carbons (Fsp3) is 0.250. The Morgan fingerprint density at radius 3 is 2.10 bits per heavy atom. The van der Waals surface area contributed by atoms with Crippen LogP contribution in [-0.2, 0) is 0 Å². The third-order valence-electron chi connectivity index (χ3n) is 4.51. The molecule has 3 aromatic carbocycles. The van der Waals surface area contributed by atoms with Crippen LogP contribution >= 0.6 is 0 Å². The molecule has 0 spiro atoms. The SMILES string of the molecule is CCCOc1ccc(C=Cc2ccc(-c3c(NCC(C)O)c(=O)c3=O)cc2)cc1. The van der Waals surface area contributed by atoms with Gasteiger partial charge in [-0.2, -0.15) is 0 Å². The maximum absolute atomic E-state index is 12.0. The number of benzene rings is 2. The minimum Gasteiger partial charge on any atom is -0.494 e. The van der Waals surface area contributed by atoms with Crippen LogP contribution in [0.15, 0.2) is 58.1 Å². The number of ether oxygens (including phenoxy) is 1. The zero-order valence-electron chi connectivity index (χ0n) is 16.6. The van der Waals surface area contributed by atoms with Gasteiger partial charge in [-0.1, -0.05) is 55.5 Å². The highest BCUT2D eigenvalue weighted by atomic mass is 16.5. The highest BCUT2D eigenvalue weighted by Crippen LogP contribution is 2.24. The largest absolute Gasteiger partial charge is 0.494 e. The Morgan fingerprint density at radius 2 is 1.55 bits per heavy atom. The van der Waals surface area contributed by atoms with E-state index in [2.05, 4.69) is 12.2 Å². The van der Waals surface area contributed by atoms with Crippen molar-refractivity contribution in [3.63, 3.8) is 0 Å². The zero-order chi connectivity index (χ0) is 20.8. The molecule has 3 rings (SSSR count). The highest BCUT2D eigenvalue weighted by molar-refractivity contribution is 5.82. The first-order valence-corrected chi connectivity index (χ1v) is 9.76. The number of aliphatic hydroxyl groups is 1. The number of anilines is 1. The monoisotopic (exact) mass is 391 g/mol. The van der Waals surface area contributed by atoms with Crippen LogP contribution in [0.3, 0.4) is 0 Å². The van der Waals surface area contributed by atoms with Crippen LogP contribution in [-0.4, -0.2) is 24.4 Å². The average molecular weight is 391 g/mol. The minimum absolute atomic E-state index is 0.223. The smallest absolute Gasteiger partial charge is 0.250 e. The molecular formula is C24H25NO4. The van der Waals surface area contributed by atoms with Crippen LogP contribution in [0.2, 0.25) is 0 Å².